The molecule has 4 aromatic carbocycles. The maximum absolute atomic E-state index is 15.2. The van der Waals surface area contributed by atoms with Crippen LogP contribution in [0, 0.1) is 29.1 Å². The number of halogens is 8. The molecule has 37 heavy (non-hydrogen) atoms. The third kappa shape index (κ3) is 5.63. The molecule has 0 atom stereocenters. The predicted octanol–water partition coefficient (Wildman–Crippen LogP) is 9.35. The highest BCUT2D eigenvalue weighted by Crippen LogP contribution is 2.35. The highest BCUT2D eigenvalue weighted by atomic mass is 19.4. The van der Waals surface area contributed by atoms with Crippen LogP contribution in [0.1, 0.15) is 42.0 Å². The van der Waals surface area contributed by atoms with Gasteiger partial charge in [-0.1, -0.05) is 37.6 Å². The minimum Gasteiger partial charge on any atom is -0.206 e. The van der Waals surface area contributed by atoms with Crippen LogP contribution in [0.15, 0.2) is 54.6 Å². The quantitative estimate of drug-likeness (QED) is 0.212. The molecule has 4 aromatic rings. The number of rotatable bonds is 7. The Morgan fingerprint density at radius 3 is 1.84 bits per heavy atom. The summed E-state index contributed by atoms with van der Waals surface area (Å²) < 4.78 is 111. The van der Waals surface area contributed by atoms with Crippen LogP contribution in [0.3, 0.4) is 0 Å². The number of benzene rings is 4. The fourth-order valence-corrected chi connectivity index (χ4v) is 4.43. The van der Waals surface area contributed by atoms with Crippen molar-refractivity contribution in [1.29, 1.82) is 0 Å². The maximum atomic E-state index is 15.2. The van der Waals surface area contributed by atoms with E-state index in [2.05, 4.69) is 0 Å². The fourth-order valence-electron chi connectivity index (χ4n) is 4.43. The minimum atomic E-state index is -5.17. The van der Waals surface area contributed by atoms with E-state index < -0.39 is 40.8 Å². The first-order valence-electron chi connectivity index (χ1n) is 11.7. The normalized spacial score (nSPS) is 11.9. The lowest BCUT2D eigenvalue weighted by Crippen LogP contribution is -2.12. The monoisotopic (exact) mass is 522 g/mol. The zero-order chi connectivity index (χ0) is 26.9. The number of fused-ring (bicyclic) bond motifs is 1. The summed E-state index contributed by atoms with van der Waals surface area (Å²) in [6.45, 7) is 1.98. The summed E-state index contributed by atoms with van der Waals surface area (Å²) in [5, 5.41) is 0.561. The van der Waals surface area contributed by atoms with Gasteiger partial charge in [-0.2, -0.15) is 13.2 Å². The van der Waals surface area contributed by atoms with Crippen molar-refractivity contribution in [3.05, 3.63) is 106 Å². The Bertz CT molecular complexity index is 1410. The summed E-state index contributed by atoms with van der Waals surface area (Å²) in [6.07, 6.45) is -3.05. The molecule has 0 spiro atoms. The smallest absolute Gasteiger partial charge is 0.206 e. The van der Waals surface area contributed by atoms with E-state index in [1.807, 2.05) is 6.92 Å². The largest absolute Gasteiger partial charge is 0.422 e. The Balaban J connectivity index is 1.59. The van der Waals surface area contributed by atoms with Crippen LogP contribution in [0.25, 0.3) is 21.9 Å². The van der Waals surface area contributed by atoms with E-state index in [1.165, 1.54) is 36.4 Å². The summed E-state index contributed by atoms with van der Waals surface area (Å²) in [4.78, 5) is 0. The van der Waals surface area contributed by atoms with E-state index in [0.29, 0.717) is 29.5 Å². The van der Waals surface area contributed by atoms with Crippen LogP contribution >= 0.6 is 0 Å². The second kappa shape index (κ2) is 10.5. The predicted molar refractivity (Wildman–Crippen MR) is 127 cm³/mol. The van der Waals surface area contributed by atoms with Crippen LogP contribution in [-0.2, 0) is 25.4 Å². The van der Waals surface area contributed by atoms with Gasteiger partial charge in [-0.05, 0) is 83.7 Å². The molecule has 0 radical (unpaired) electrons. The lowest BCUT2D eigenvalue weighted by atomic mass is 9.95. The van der Waals surface area contributed by atoms with Gasteiger partial charge >= 0.3 is 6.18 Å². The Morgan fingerprint density at radius 1 is 0.649 bits per heavy atom. The summed E-state index contributed by atoms with van der Waals surface area (Å²) in [6, 6.07) is 11.0. The number of unbranched alkanes of at least 4 members (excludes halogenated alkanes) is 1. The molecule has 8 heteroatoms. The third-order valence-corrected chi connectivity index (χ3v) is 6.31. The van der Waals surface area contributed by atoms with E-state index in [1.54, 1.807) is 6.07 Å². The van der Waals surface area contributed by atoms with Gasteiger partial charge in [0.15, 0.2) is 0 Å². The van der Waals surface area contributed by atoms with Crippen molar-refractivity contribution in [3.8, 4) is 11.1 Å². The molecule has 0 bridgehead atoms. The molecule has 194 valence electrons. The molecule has 0 aliphatic rings. The summed E-state index contributed by atoms with van der Waals surface area (Å²) in [7, 11) is 0. The van der Waals surface area contributed by atoms with Gasteiger partial charge in [-0.15, -0.1) is 0 Å². The Labute approximate surface area is 208 Å². The van der Waals surface area contributed by atoms with Gasteiger partial charge in [0.2, 0.25) is 0 Å². The number of hydrogen-bond acceptors (Lipinski definition) is 0. The van der Waals surface area contributed by atoms with Gasteiger partial charge in [0.05, 0.1) is 5.56 Å². The maximum Gasteiger partial charge on any atom is 0.422 e. The van der Waals surface area contributed by atoms with Crippen LogP contribution in [-0.4, -0.2) is 0 Å². The van der Waals surface area contributed by atoms with E-state index in [-0.39, 0.29) is 40.5 Å². The molecule has 0 fully saturated rings. The lowest BCUT2D eigenvalue weighted by Gasteiger charge is -2.12. The molecule has 0 heterocycles. The Kier molecular flexibility index (Phi) is 7.57. The molecule has 0 aromatic heterocycles. The number of alkyl halides is 3. The number of aryl methyl sites for hydroxylation is 3. The molecule has 0 saturated heterocycles. The third-order valence-electron chi connectivity index (χ3n) is 6.31. The van der Waals surface area contributed by atoms with Crippen molar-refractivity contribution in [2.75, 3.05) is 0 Å². The zero-order valence-corrected chi connectivity index (χ0v) is 19.8. The molecule has 0 saturated carbocycles. The first-order valence-corrected chi connectivity index (χ1v) is 11.7. The van der Waals surface area contributed by atoms with E-state index in [0.717, 1.165) is 12.8 Å². The Morgan fingerprint density at radius 2 is 1.24 bits per heavy atom. The first kappa shape index (κ1) is 26.6. The fraction of sp³-hybridized carbons (Fsp3) is 0.241. The van der Waals surface area contributed by atoms with Crippen molar-refractivity contribution in [3.63, 3.8) is 0 Å². The molecule has 0 aliphatic carbocycles. The zero-order valence-electron chi connectivity index (χ0n) is 19.8. The van der Waals surface area contributed by atoms with Crippen molar-refractivity contribution < 1.29 is 35.1 Å². The molecule has 0 N–H and O–H groups in total. The van der Waals surface area contributed by atoms with Gasteiger partial charge in [-0.3, -0.25) is 0 Å². The lowest BCUT2D eigenvalue weighted by molar-refractivity contribution is -0.142. The van der Waals surface area contributed by atoms with Crippen molar-refractivity contribution in [2.24, 2.45) is 0 Å². The summed E-state index contributed by atoms with van der Waals surface area (Å²) >= 11 is 0. The molecular weight excluding hydrogens is 500 g/mol. The minimum absolute atomic E-state index is 0.0315. The summed E-state index contributed by atoms with van der Waals surface area (Å²) in [5.41, 5.74) is -1.24. The average Bonchev–Trinajstić information content (AvgIpc) is 2.80. The number of hydrogen-bond donors (Lipinski definition) is 0. The van der Waals surface area contributed by atoms with Crippen molar-refractivity contribution in [2.45, 2.75) is 45.2 Å². The summed E-state index contributed by atoms with van der Waals surface area (Å²) in [5.74, 6) is -5.51. The van der Waals surface area contributed by atoms with Gasteiger partial charge in [0, 0.05) is 5.39 Å². The van der Waals surface area contributed by atoms with Crippen LogP contribution in [0.4, 0.5) is 35.1 Å². The highest BCUT2D eigenvalue weighted by Gasteiger charge is 2.37. The molecular formula is C29H22F8. The first-order chi connectivity index (χ1) is 17.5. The van der Waals surface area contributed by atoms with E-state index >= 15 is 4.39 Å². The molecule has 0 aliphatic heterocycles. The standard InChI is InChI=1S/C29H22F8/c1-2-3-4-16-11-22(30)26(23(31)12-16)20-9-10-21-19(15-20)8-7-18(28(21)34)6-5-17-13-24(32)27(25(33)14-17)29(35,36)37/h7-15H,2-6H2,1H3. The SMILES string of the molecule is CCCCc1cc(F)c(-c2ccc3c(F)c(CCc4cc(F)c(C(F)(F)F)c(F)c4)ccc3c2)c(F)c1. The van der Waals surface area contributed by atoms with Gasteiger partial charge in [0.25, 0.3) is 0 Å². The Hall–Kier alpha value is -3.42. The topological polar surface area (TPSA) is 0 Å². The second-order valence-electron chi connectivity index (χ2n) is 8.94. The molecule has 0 amide bonds. The van der Waals surface area contributed by atoms with Gasteiger partial charge < -0.3 is 0 Å². The molecule has 0 nitrogen and oxygen atoms in total. The van der Waals surface area contributed by atoms with Crippen molar-refractivity contribution >= 4 is 10.8 Å². The van der Waals surface area contributed by atoms with Crippen molar-refractivity contribution in [1.82, 2.24) is 0 Å². The average molecular weight is 522 g/mol. The molecule has 4 rings (SSSR count). The second-order valence-corrected chi connectivity index (χ2v) is 8.94. The molecule has 0 unspecified atom stereocenters. The van der Waals surface area contributed by atoms with Crippen LogP contribution in [0.2, 0.25) is 0 Å². The van der Waals surface area contributed by atoms with Crippen LogP contribution < -0.4 is 0 Å². The van der Waals surface area contributed by atoms with E-state index in [9.17, 15) is 30.7 Å². The van der Waals surface area contributed by atoms with Gasteiger partial charge in [0.1, 0.15) is 34.6 Å². The van der Waals surface area contributed by atoms with Crippen LogP contribution in [0.5, 0.6) is 0 Å². The van der Waals surface area contributed by atoms with Gasteiger partial charge in [-0.25, -0.2) is 22.0 Å². The highest BCUT2D eigenvalue weighted by molar-refractivity contribution is 5.88. The van der Waals surface area contributed by atoms with E-state index in [4.69, 9.17) is 0 Å².